The van der Waals surface area contributed by atoms with E-state index in [2.05, 4.69) is 157 Å². The molecule has 0 unspecified atom stereocenters. The normalized spacial score (nSPS) is 11.5. The first kappa shape index (κ1) is 29.4. The molecule has 0 aliphatic rings. The molecule has 10 aromatic rings. The zero-order valence-corrected chi connectivity index (χ0v) is 28.3. The van der Waals surface area contributed by atoms with Crippen LogP contribution in [-0.4, -0.2) is 4.98 Å². The predicted octanol–water partition coefficient (Wildman–Crippen LogP) is 13.8. The van der Waals surface area contributed by atoms with Crippen LogP contribution >= 0.6 is 11.3 Å². The number of nitrogens with zero attached hydrogens (tertiary/aromatic N) is 2. The van der Waals surface area contributed by atoms with Crippen molar-refractivity contribution in [1.29, 1.82) is 0 Å². The van der Waals surface area contributed by atoms with Crippen LogP contribution < -0.4 is 4.90 Å². The van der Waals surface area contributed by atoms with Crippen LogP contribution in [0.4, 0.5) is 17.1 Å². The van der Waals surface area contributed by atoms with Crippen LogP contribution in [0.5, 0.6) is 0 Å². The summed E-state index contributed by atoms with van der Waals surface area (Å²) < 4.78 is 8.70. The number of fused-ring (bicyclic) bond motifs is 5. The largest absolute Gasteiger partial charge is 0.436 e. The van der Waals surface area contributed by atoms with Gasteiger partial charge in [-0.2, -0.15) is 0 Å². The van der Waals surface area contributed by atoms with Crippen LogP contribution in [0.3, 0.4) is 0 Å². The summed E-state index contributed by atoms with van der Waals surface area (Å²) in [6.07, 6.45) is 0. The van der Waals surface area contributed by atoms with Crippen molar-refractivity contribution >= 4 is 70.4 Å². The number of thiophene rings is 1. The van der Waals surface area contributed by atoms with Gasteiger partial charge in [0, 0.05) is 32.4 Å². The number of oxazole rings is 1. The summed E-state index contributed by atoms with van der Waals surface area (Å²) in [6, 6.07) is 64.7. The molecule has 0 atom stereocenters. The minimum Gasteiger partial charge on any atom is -0.436 e. The molecular formula is C47H30N2OS. The Morgan fingerprint density at radius 2 is 1.12 bits per heavy atom. The molecule has 0 bridgehead atoms. The number of aromatic nitrogens is 1. The molecule has 0 aliphatic carbocycles. The number of hydrogen-bond donors (Lipinski definition) is 0. The lowest BCUT2D eigenvalue weighted by Gasteiger charge is -2.27. The van der Waals surface area contributed by atoms with E-state index in [4.69, 9.17) is 9.40 Å². The second-order valence-electron chi connectivity index (χ2n) is 12.8. The summed E-state index contributed by atoms with van der Waals surface area (Å²) >= 11 is 1.80. The molecule has 2 heterocycles. The van der Waals surface area contributed by atoms with E-state index in [1.165, 1.54) is 53.2 Å². The summed E-state index contributed by atoms with van der Waals surface area (Å²) in [6.45, 7) is 0. The summed E-state index contributed by atoms with van der Waals surface area (Å²) in [4.78, 5) is 7.27. The van der Waals surface area contributed by atoms with E-state index >= 15 is 0 Å². The van der Waals surface area contributed by atoms with Crippen molar-refractivity contribution in [2.75, 3.05) is 4.90 Å². The lowest BCUT2D eigenvalue weighted by atomic mass is 10.0. The van der Waals surface area contributed by atoms with E-state index in [9.17, 15) is 0 Å². The zero-order valence-electron chi connectivity index (χ0n) is 27.5. The van der Waals surface area contributed by atoms with Crippen molar-refractivity contribution in [3.8, 4) is 33.7 Å². The van der Waals surface area contributed by atoms with E-state index in [0.29, 0.717) is 5.89 Å². The maximum atomic E-state index is 6.31. The van der Waals surface area contributed by atoms with Crippen molar-refractivity contribution in [3.63, 3.8) is 0 Å². The Bertz CT molecular complexity index is 2850. The monoisotopic (exact) mass is 670 g/mol. The summed E-state index contributed by atoms with van der Waals surface area (Å²) in [5.41, 5.74) is 10.7. The third-order valence-electron chi connectivity index (χ3n) is 9.67. The Morgan fingerprint density at radius 3 is 1.94 bits per heavy atom. The molecule has 51 heavy (non-hydrogen) atoms. The molecule has 3 nitrogen and oxygen atoms in total. The second-order valence-corrected chi connectivity index (χ2v) is 13.9. The van der Waals surface area contributed by atoms with Crippen molar-refractivity contribution in [3.05, 3.63) is 182 Å². The van der Waals surface area contributed by atoms with Crippen LogP contribution in [-0.2, 0) is 0 Å². The van der Waals surface area contributed by atoms with E-state index in [1.807, 2.05) is 30.3 Å². The van der Waals surface area contributed by atoms with Crippen LogP contribution in [0.25, 0.3) is 75.8 Å². The smallest absolute Gasteiger partial charge is 0.227 e. The fraction of sp³-hybridized carbons (Fsp3) is 0. The molecule has 240 valence electrons. The van der Waals surface area contributed by atoms with Crippen LogP contribution in [0.2, 0.25) is 0 Å². The summed E-state index contributed by atoms with van der Waals surface area (Å²) in [5, 5.41) is 4.86. The third kappa shape index (κ3) is 5.25. The van der Waals surface area contributed by atoms with E-state index in [0.717, 1.165) is 33.7 Å². The lowest BCUT2D eigenvalue weighted by molar-refractivity contribution is 0.620. The molecule has 0 fully saturated rings. The first-order valence-electron chi connectivity index (χ1n) is 17.1. The van der Waals surface area contributed by atoms with Gasteiger partial charge in [0.25, 0.3) is 0 Å². The number of benzene rings is 8. The van der Waals surface area contributed by atoms with Gasteiger partial charge in [0.15, 0.2) is 5.58 Å². The van der Waals surface area contributed by atoms with Gasteiger partial charge >= 0.3 is 0 Å². The van der Waals surface area contributed by atoms with Gasteiger partial charge in [0.05, 0.1) is 10.4 Å². The molecule has 4 heteroatoms. The molecule has 0 N–H and O–H groups in total. The first-order valence-corrected chi connectivity index (χ1v) is 17.9. The number of anilines is 3. The Balaban J connectivity index is 1.12. The fourth-order valence-electron chi connectivity index (χ4n) is 7.14. The lowest BCUT2D eigenvalue weighted by Crippen LogP contribution is -2.10. The molecule has 0 saturated carbocycles. The second kappa shape index (κ2) is 12.1. The van der Waals surface area contributed by atoms with E-state index in [1.54, 1.807) is 11.3 Å². The van der Waals surface area contributed by atoms with Crippen LogP contribution in [0, 0.1) is 0 Å². The van der Waals surface area contributed by atoms with Crippen molar-refractivity contribution < 1.29 is 4.42 Å². The van der Waals surface area contributed by atoms with Gasteiger partial charge in [-0.1, -0.05) is 121 Å². The molecule has 8 aromatic carbocycles. The third-order valence-corrected chi connectivity index (χ3v) is 10.9. The average Bonchev–Trinajstić information content (AvgIpc) is 3.79. The highest BCUT2D eigenvalue weighted by Gasteiger charge is 2.20. The van der Waals surface area contributed by atoms with Gasteiger partial charge in [-0.15, -0.1) is 11.3 Å². The van der Waals surface area contributed by atoms with E-state index in [-0.39, 0.29) is 0 Å². The SMILES string of the molecule is c1ccc(-c2cccc(N(c3ccc(-c4ccc5ccccc5c4)cc3)c3cccc4c3sc3cc5nc(-c6ccccc6)oc5cc34)c2)cc1. The van der Waals surface area contributed by atoms with Gasteiger partial charge in [0.1, 0.15) is 5.52 Å². The molecular weight excluding hydrogens is 641 g/mol. The van der Waals surface area contributed by atoms with Crippen LogP contribution in [0.1, 0.15) is 0 Å². The predicted molar refractivity (Wildman–Crippen MR) is 215 cm³/mol. The molecule has 0 saturated heterocycles. The maximum Gasteiger partial charge on any atom is 0.227 e. The molecule has 0 radical (unpaired) electrons. The number of rotatable bonds is 6. The van der Waals surface area contributed by atoms with Gasteiger partial charge in [0.2, 0.25) is 5.89 Å². The Kier molecular flexibility index (Phi) is 7.00. The number of hydrogen-bond acceptors (Lipinski definition) is 4. The Morgan fingerprint density at radius 1 is 0.451 bits per heavy atom. The van der Waals surface area contributed by atoms with E-state index < -0.39 is 0 Å². The van der Waals surface area contributed by atoms with Crippen molar-refractivity contribution in [2.24, 2.45) is 0 Å². The molecule has 0 aliphatic heterocycles. The minimum absolute atomic E-state index is 0.643. The quantitative estimate of drug-likeness (QED) is 0.176. The van der Waals surface area contributed by atoms with Gasteiger partial charge in [-0.05, 0) is 93.7 Å². The Labute approximate surface area is 299 Å². The molecule has 0 spiro atoms. The molecule has 10 rings (SSSR count). The summed E-state index contributed by atoms with van der Waals surface area (Å²) in [7, 11) is 0. The standard InChI is InChI=1S/C47H30N2OS/c1-3-11-31(12-4-1)36-17-9-18-39(28-36)49(38-25-23-33(24-26-38)37-22-21-32-13-7-8-16-35(32)27-37)43-20-10-19-40-41-29-44-42(30-45(41)51-46(40)43)48-47(50-44)34-14-5-2-6-15-34/h1-30H. The van der Waals surface area contributed by atoms with Crippen LogP contribution in [0.15, 0.2) is 186 Å². The van der Waals surface area contributed by atoms with Crippen molar-refractivity contribution in [2.45, 2.75) is 0 Å². The highest BCUT2D eigenvalue weighted by atomic mass is 32.1. The topological polar surface area (TPSA) is 29.3 Å². The van der Waals surface area contributed by atoms with Gasteiger partial charge < -0.3 is 9.32 Å². The Hall–Kier alpha value is -6.49. The van der Waals surface area contributed by atoms with Gasteiger partial charge in [-0.3, -0.25) is 0 Å². The minimum atomic E-state index is 0.643. The molecule has 2 aromatic heterocycles. The summed E-state index contributed by atoms with van der Waals surface area (Å²) in [5.74, 6) is 0.643. The van der Waals surface area contributed by atoms with Crippen molar-refractivity contribution in [1.82, 2.24) is 4.98 Å². The average molecular weight is 671 g/mol. The highest BCUT2D eigenvalue weighted by Crippen LogP contribution is 2.46. The first-order chi connectivity index (χ1) is 25.2. The molecule has 0 amide bonds. The zero-order chi connectivity index (χ0) is 33.7. The van der Waals surface area contributed by atoms with Gasteiger partial charge in [-0.25, -0.2) is 4.98 Å². The fourth-order valence-corrected chi connectivity index (χ4v) is 8.36. The highest BCUT2D eigenvalue weighted by molar-refractivity contribution is 7.26. The maximum absolute atomic E-state index is 6.31.